The molecule has 0 saturated heterocycles. The van der Waals surface area contributed by atoms with Crippen molar-refractivity contribution in [2.45, 2.75) is 11.4 Å². The number of hydrogen-bond donors (Lipinski definition) is 1. The molecule has 0 atom stereocenters. The van der Waals surface area contributed by atoms with Gasteiger partial charge in [-0.2, -0.15) is 4.31 Å². The number of carbonyl (C=O) groups is 1. The van der Waals surface area contributed by atoms with Gasteiger partial charge in [0, 0.05) is 22.2 Å². The third-order valence-corrected chi connectivity index (χ3v) is 7.56. The lowest BCUT2D eigenvalue weighted by molar-refractivity contribution is -0.116. The smallest absolute Gasteiger partial charge is 0.243 e. The number of benzene rings is 4. The molecular formula is C27H21Cl2FN2O4S. The Bertz CT molecular complexity index is 1500. The van der Waals surface area contributed by atoms with Gasteiger partial charge in [-0.3, -0.25) is 4.79 Å². The molecule has 0 aliphatic rings. The number of para-hydroxylation sites is 1. The lowest BCUT2D eigenvalue weighted by atomic mass is 10.2. The van der Waals surface area contributed by atoms with Crippen LogP contribution in [0.1, 0.15) is 5.56 Å². The summed E-state index contributed by atoms with van der Waals surface area (Å²) in [6, 6.07) is 24.9. The largest absolute Gasteiger partial charge is 0.455 e. The third kappa shape index (κ3) is 6.87. The van der Waals surface area contributed by atoms with Gasteiger partial charge in [-0.05, 0) is 60.7 Å². The van der Waals surface area contributed by atoms with Crippen LogP contribution >= 0.6 is 23.2 Å². The molecule has 0 unspecified atom stereocenters. The van der Waals surface area contributed by atoms with Crippen molar-refractivity contribution in [1.29, 1.82) is 0 Å². The van der Waals surface area contributed by atoms with Crippen molar-refractivity contribution in [2.75, 3.05) is 11.9 Å². The summed E-state index contributed by atoms with van der Waals surface area (Å²) in [7, 11) is -4.20. The van der Waals surface area contributed by atoms with Crippen LogP contribution in [-0.2, 0) is 21.4 Å². The number of hydrogen-bond acceptors (Lipinski definition) is 4. The van der Waals surface area contributed by atoms with Crippen molar-refractivity contribution in [1.82, 2.24) is 4.31 Å². The van der Waals surface area contributed by atoms with Gasteiger partial charge in [0.25, 0.3) is 0 Å². The number of rotatable bonds is 9. The summed E-state index contributed by atoms with van der Waals surface area (Å²) >= 11 is 12.0. The summed E-state index contributed by atoms with van der Waals surface area (Å²) in [5, 5.41) is 3.36. The molecule has 6 nitrogen and oxygen atoms in total. The van der Waals surface area contributed by atoms with Gasteiger partial charge in [0.15, 0.2) is 5.75 Å². The summed E-state index contributed by atoms with van der Waals surface area (Å²) in [6.07, 6.45) is 0. The van der Waals surface area contributed by atoms with Gasteiger partial charge in [-0.1, -0.05) is 59.6 Å². The van der Waals surface area contributed by atoms with Crippen molar-refractivity contribution in [3.8, 4) is 11.5 Å². The molecule has 0 radical (unpaired) electrons. The highest BCUT2D eigenvalue weighted by Crippen LogP contribution is 2.32. The van der Waals surface area contributed by atoms with Crippen molar-refractivity contribution in [3.63, 3.8) is 0 Å². The Morgan fingerprint density at radius 2 is 1.51 bits per heavy atom. The Balaban J connectivity index is 1.61. The van der Waals surface area contributed by atoms with Crippen molar-refractivity contribution < 1.29 is 22.3 Å². The highest BCUT2D eigenvalue weighted by molar-refractivity contribution is 7.89. The molecule has 0 aliphatic carbocycles. The molecule has 10 heteroatoms. The topological polar surface area (TPSA) is 75.7 Å². The summed E-state index contributed by atoms with van der Waals surface area (Å²) in [5.41, 5.74) is 0.361. The van der Waals surface area contributed by atoms with Gasteiger partial charge < -0.3 is 10.1 Å². The molecule has 37 heavy (non-hydrogen) atoms. The average Bonchev–Trinajstić information content (AvgIpc) is 2.87. The number of nitrogens with zero attached hydrogens (tertiary/aromatic N) is 1. The van der Waals surface area contributed by atoms with Crippen LogP contribution in [0.2, 0.25) is 10.0 Å². The minimum Gasteiger partial charge on any atom is -0.455 e. The molecule has 4 aromatic carbocycles. The first-order valence-electron chi connectivity index (χ1n) is 11.0. The second-order valence-corrected chi connectivity index (χ2v) is 10.7. The molecule has 4 aromatic rings. The van der Waals surface area contributed by atoms with Gasteiger partial charge in [0.2, 0.25) is 15.9 Å². The average molecular weight is 559 g/mol. The number of nitrogens with one attached hydrogen (secondary N) is 1. The lowest BCUT2D eigenvalue weighted by Gasteiger charge is -2.22. The summed E-state index contributed by atoms with van der Waals surface area (Å²) in [6.45, 7) is -0.968. The first-order chi connectivity index (χ1) is 17.7. The highest BCUT2D eigenvalue weighted by Gasteiger charge is 2.28. The maximum absolute atomic E-state index is 14.4. The van der Waals surface area contributed by atoms with Crippen LogP contribution in [0, 0.1) is 5.82 Å². The van der Waals surface area contributed by atoms with Gasteiger partial charge >= 0.3 is 0 Å². The van der Waals surface area contributed by atoms with Gasteiger partial charge in [-0.25, -0.2) is 12.8 Å². The van der Waals surface area contributed by atoms with E-state index in [9.17, 15) is 17.6 Å². The predicted octanol–water partition coefficient (Wildman–Crippen LogP) is 6.75. The second kappa shape index (κ2) is 11.7. The first-order valence-corrected chi connectivity index (χ1v) is 13.2. The van der Waals surface area contributed by atoms with Crippen LogP contribution in [0.4, 0.5) is 10.1 Å². The Morgan fingerprint density at radius 1 is 0.865 bits per heavy atom. The number of anilines is 1. The monoisotopic (exact) mass is 558 g/mol. The maximum atomic E-state index is 14.4. The predicted molar refractivity (Wildman–Crippen MR) is 142 cm³/mol. The second-order valence-electron chi connectivity index (χ2n) is 7.92. The summed E-state index contributed by atoms with van der Waals surface area (Å²) in [5.74, 6) is -0.418. The number of amides is 1. The quantitative estimate of drug-likeness (QED) is 0.246. The molecule has 0 spiro atoms. The Kier molecular flexibility index (Phi) is 8.45. The molecule has 190 valence electrons. The molecular weight excluding hydrogens is 538 g/mol. The van der Waals surface area contributed by atoms with Crippen molar-refractivity contribution in [3.05, 3.63) is 118 Å². The van der Waals surface area contributed by atoms with E-state index in [4.69, 9.17) is 27.9 Å². The van der Waals surface area contributed by atoms with Gasteiger partial charge in [0.05, 0.1) is 17.1 Å². The van der Waals surface area contributed by atoms with Crippen LogP contribution in [-0.4, -0.2) is 25.2 Å². The van der Waals surface area contributed by atoms with E-state index >= 15 is 0 Å². The highest BCUT2D eigenvalue weighted by atomic mass is 35.5. The van der Waals surface area contributed by atoms with Crippen LogP contribution in [0.25, 0.3) is 0 Å². The minimum atomic E-state index is -4.20. The van der Waals surface area contributed by atoms with E-state index < -0.39 is 28.3 Å². The molecule has 0 saturated carbocycles. The third-order valence-electron chi connectivity index (χ3n) is 5.26. The zero-order valence-corrected chi connectivity index (χ0v) is 21.6. The number of carbonyl (C=O) groups excluding carboxylic acids is 1. The Labute approximate surface area is 224 Å². The standard InChI is InChI=1S/C27H21Cl2FN2O4S/c28-20-10-13-23(14-11-20)37(34,35)32(17-19-6-4-5-9-24(19)30)18-27(33)31-25-16-21(29)12-15-26(25)36-22-7-2-1-3-8-22/h1-16H,17-18H2,(H,31,33). The molecule has 1 N–H and O–H groups in total. The number of halogens is 3. The van der Waals surface area contributed by atoms with Crippen LogP contribution < -0.4 is 10.1 Å². The molecule has 1 amide bonds. The summed E-state index contributed by atoms with van der Waals surface area (Å²) < 4.78 is 48.1. The molecule has 0 aromatic heterocycles. The van der Waals surface area contributed by atoms with E-state index in [1.807, 2.05) is 6.07 Å². The van der Waals surface area contributed by atoms with Gasteiger partial charge in [-0.15, -0.1) is 0 Å². The summed E-state index contributed by atoms with van der Waals surface area (Å²) in [4.78, 5) is 13.0. The Morgan fingerprint density at radius 3 is 2.22 bits per heavy atom. The Hall–Kier alpha value is -3.43. The molecule has 0 bridgehead atoms. The zero-order valence-electron chi connectivity index (χ0n) is 19.3. The van der Waals surface area contributed by atoms with Crippen LogP contribution in [0.5, 0.6) is 11.5 Å². The molecule has 0 aliphatic heterocycles. The molecule has 0 fully saturated rings. The fourth-order valence-electron chi connectivity index (χ4n) is 3.45. The van der Waals surface area contributed by atoms with Crippen LogP contribution in [0.15, 0.2) is 102 Å². The van der Waals surface area contributed by atoms with E-state index in [-0.39, 0.29) is 22.7 Å². The van der Waals surface area contributed by atoms with E-state index in [0.29, 0.717) is 21.5 Å². The number of ether oxygens (including phenoxy) is 1. The van der Waals surface area contributed by atoms with E-state index in [2.05, 4.69) is 5.32 Å². The lowest BCUT2D eigenvalue weighted by Crippen LogP contribution is -2.37. The first kappa shape index (κ1) is 26.6. The normalized spacial score (nSPS) is 11.4. The van der Waals surface area contributed by atoms with Crippen molar-refractivity contribution in [2.24, 2.45) is 0 Å². The molecule has 0 heterocycles. The van der Waals surface area contributed by atoms with E-state index in [1.54, 1.807) is 42.5 Å². The fraction of sp³-hybridized carbons (Fsp3) is 0.0741. The SMILES string of the molecule is O=C(CN(Cc1ccccc1F)S(=O)(=O)c1ccc(Cl)cc1)Nc1cc(Cl)ccc1Oc1ccccc1. The van der Waals surface area contributed by atoms with Crippen LogP contribution in [0.3, 0.4) is 0 Å². The molecule has 4 rings (SSSR count). The maximum Gasteiger partial charge on any atom is 0.243 e. The van der Waals surface area contributed by atoms with Gasteiger partial charge in [0.1, 0.15) is 11.6 Å². The minimum absolute atomic E-state index is 0.0862. The van der Waals surface area contributed by atoms with E-state index in [0.717, 1.165) is 4.31 Å². The van der Waals surface area contributed by atoms with Crippen molar-refractivity contribution >= 4 is 44.8 Å². The van der Waals surface area contributed by atoms with E-state index in [1.165, 1.54) is 48.5 Å². The zero-order chi connectivity index (χ0) is 26.4. The fourth-order valence-corrected chi connectivity index (χ4v) is 5.12. The number of sulfonamides is 1.